The highest BCUT2D eigenvalue weighted by Gasteiger charge is 2.73. The van der Waals surface area contributed by atoms with E-state index in [0.29, 0.717) is 12.8 Å². The van der Waals surface area contributed by atoms with Gasteiger partial charge < -0.3 is 24.4 Å². The standard InChI is InChI=1S/C46H70O8/c1-27(2)20-37(49)52-25-43(11)33-16-19-44(12)34(42(33,10)18-17-35(43)47)15-14-31-32-23-41(8,9)30(7)40(54-39(51)22-29(5)6)46(32,36(48)24-45(31,44)13)26-53-38(50)21-28(3)4/h14,20-22,30,32-36,40,47-48H,15-19,23-26H2,1-13H3/t30-,32?,33?,34?,35-,36+,40-,42-,43+,44+,45+,46-/m0/s1. The summed E-state index contributed by atoms with van der Waals surface area (Å²) in [6.45, 7) is 27.2. The molecule has 8 heteroatoms. The van der Waals surface area contributed by atoms with Crippen LogP contribution >= 0.6 is 0 Å². The maximum Gasteiger partial charge on any atom is 0.330 e. The second kappa shape index (κ2) is 14.7. The van der Waals surface area contributed by atoms with Gasteiger partial charge >= 0.3 is 17.9 Å². The summed E-state index contributed by atoms with van der Waals surface area (Å²) in [7, 11) is 0. The van der Waals surface area contributed by atoms with Gasteiger partial charge in [0, 0.05) is 23.6 Å². The van der Waals surface area contributed by atoms with Crippen molar-refractivity contribution >= 4 is 17.9 Å². The fourth-order valence-corrected chi connectivity index (χ4v) is 12.7. The van der Waals surface area contributed by atoms with Gasteiger partial charge in [0.2, 0.25) is 0 Å². The highest BCUT2D eigenvalue weighted by molar-refractivity contribution is 5.83. The molecule has 0 radical (unpaired) electrons. The van der Waals surface area contributed by atoms with E-state index in [4.69, 9.17) is 14.2 Å². The van der Waals surface area contributed by atoms with Gasteiger partial charge in [-0.15, -0.1) is 0 Å². The van der Waals surface area contributed by atoms with Crippen LogP contribution in [0.4, 0.5) is 0 Å². The van der Waals surface area contributed by atoms with Gasteiger partial charge in [-0.2, -0.15) is 0 Å². The van der Waals surface area contributed by atoms with Gasteiger partial charge in [-0.25, -0.2) is 14.4 Å². The Labute approximate surface area is 325 Å². The number of hydrogen-bond acceptors (Lipinski definition) is 8. The van der Waals surface area contributed by atoms with Gasteiger partial charge in [-0.3, -0.25) is 0 Å². The summed E-state index contributed by atoms with van der Waals surface area (Å²) in [6, 6.07) is 0. The molecule has 0 bridgehead atoms. The summed E-state index contributed by atoms with van der Waals surface area (Å²) in [5.41, 5.74) is 1.22. The molecule has 5 aliphatic carbocycles. The summed E-state index contributed by atoms with van der Waals surface area (Å²) < 4.78 is 18.4. The first-order valence-corrected chi connectivity index (χ1v) is 20.4. The van der Waals surface area contributed by atoms with Gasteiger partial charge in [-0.05, 0) is 132 Å². The van der Waals surface area contributed by atoms with Crippen molar-refractivity contribution in [2.45, 2.75) is 153 Å². The Kier molecular flexibility index (Phi) is 11.5. The molecule has 0 aromatic heterocycles. The third-order valence-electron chi connectivity index (χ3n) is 15.9. The highest BCUT2D eigenvalue weighted by atomic mass is 16.6. The van der Waals surface area contributed by atoms with Crippen LogP contribution in [0.3, 0.4) is 0 Å². The molecule has 5 aliphatic rings. The zero-order chi connectivity index (χ0) is 40.4. The van der Waals surface area contributed by atoms with Crippen molar-refractivity contribution in [1.82, 2.24) is 0 Å². The number of aliphatic hydroxyl groups is 2. The van der Waals surface area contributed by atoms with E-state index in [1.54, 1.807) is 0 Å². The van der Waals surface area contributed by atoms with Crippen LogP contribution in [-0.2, 0) is 28.6 Å². The molecular formula is C46H70O8. The van der Waals surface area contributed by atoms with Crippen molar-refractivity contribution in [3.8, 4) is 0 Å². The molecule has 2 N–H and O–H groups in total. The normalized spacial score (nSPS) is 41.9. The third-order valence-corrected chi connectivity index (χ3v) is 15.9. The molecule has 8 nitrogen and oxygen atoms in total. The Morgan fingerprint density at radius 1 is 0.741 bits per heavy atom. The number of ether oxygens (including phenoxy) is 3. The average Bonchev–Trinajstić information content (AvgIpc) is 3.03. The fraction of sp³-hybridized carbons (Fsp3) is 0.761. The highest BCUT2D eigenvalue weighted by Crippen LogP contribution is 2.76. The van der Waals surface area contributed by atoms with Gasteiger partial charge in [0.15, 0.2) is 0 Å². The van der Waals surface area contributed by atoms with Crippen molar-refractivity contribution in [2.75, 3.05) is 13.2 Å². The molecule has 0 aromatic carbocycles. The van der Waals surface area contributed by atoms with Crippen LogP contribution < -0.4 is 0 Å². The smallest absolute Gasteiger partial charge is 0.330 e. The summed E-state index contributed by atoms with van der Waals surface area (Å²) in [5, 5.41) is 24.5. The number of carbonyl (C=O) groups excluding carboxylic acids is 3. The lowest BCUT2D eigenvalue weighted by Gasteiger charge is -2.72. The molecule has 12 atom stereocenters. The Bertz CT molecular complexity index is 1620. The minimum atomic E-state index is -1.04. The number of allylic oxidation sites excluding steroid dienone is 5. The Morgan fingerprint density at radius 3 is 1.87 bits per heavy atom. The maximum absolute atomic E-state index is 13.5. The van der Waals surface area contributed by atoms with Gasteiger partial charge in [0.05, 0.1) is 24.2 Å². The second-order valence-electron chi connectivity index (χ2n) is 20.5. The summed E-state index contributed by atoms with van der Waals surface area (Å²) in [5.74, 6) is -1.18. The molecule has 4 fully saturated rings. The largest absolute Gasteiger partial charge is 0.462 e. The minimum absolute atomic E-state index is 0.0519. The van der Waals surface area contributed by atoms with Crippen LogP contribution in [0, 0.1) is 56.2 Å². The first-order chi connectivity index (χ1) is 24.9. The van der Waals surface area contributed by atoms with Crippen LogP contribution in [0.25, 0.3) is 0 Å². The molecule has 5 rings (SSSR count). The molecule has 4 saturated carbocycles. The number of esters is 3. The lowest BCUT2D eigenvalue weighted by atomic mass is 9.32. The molecule has 0 saturated heterocycles. The molecule has 0 aromatic rings. The predicted molar refractivity (Wildman–Crippen MR) is 211 cm³/mol. The zero-order valence-electron chi connectivity index (χ0n) is 35.6. The summed E-state index contributed by atoms with van der Waals surface area (Å²) in [6.07, 6.45) is 10.1. The minimum Gasteiger partial charge on any atom is -0.462 e. The van der Waals surface area contributed by atoms with Crippen LogP contribution in [0.2, 0.25) is 0 Å². The van der Waals surface area contributed by atoms with Crippen LogP contribution in [-0.4, -0.2) is 59.6 Å². The predicted octanol–water partition coefficient (Wildman–Crippen LogP) is 8.85. The zero-order valence-corrected chi connectivity index (χ0v) is 35.6. The van der Waals surface area contributed by atoms with Crippen LogP contribution in [0.15, 0.2) is 46.6 Å². The average molecular weight is 751 g/mol. The number of rotatable bonds is 8. The Hall–Kier alpha value is -2.71. The number of aliphatic hydroxyl groups excluding tert-OH is 2. The molecule has 0 spiro atoms. The Morgan fingerprint density at radius 2 is 1.30 bits per heavy atom. The van der Waals surface area contributed by atoms with Crippen molar-refractivity contribution in [3.63, 3.8) is 0 Å². The van der Waals surface area contributed by atoms with Crippen molar-refractivity contribution < 1.29 is 38.8 Å². The Balaban J connectivity index is 1.61. The molecule has 0 aliphatic heterocycles. The van der Waals surface area contributed by atoms with Crippen molar-refractivity contribution in [3.05, 3.63) is 46.6 Å². The van der Waals surface area contributed by atoms with E-state index in [0.717, 1.165) is 48.8 Å². The van der Waals surface area contributed by atoms with Crippen molar-refractivity contribution in [1.29, 1.82) is 0 Å². The molecule has 302 valence electrons. The van der Waals surface area contributed by atoms with E-state index in [-0.39, 0.29) is 59.1 Å². The molecule has 0 amide bonds. The van der Waals surface area contributed by atoms with E-state index in [1.165, 1.54) is 23.8 Å². The lowest BCUT2D eigenvalue weighted by Crippen LogP contribution is -2.71. The molecule has 54 heavy (non-hydrogen) atoms. The summed E-state index contributed by atoms with van der Waals surface area (Å²) in [4.78, 5) is 39.3. The fourth-order valence-electron chi connectivity index (χ4n) is 12.7. The van der Waals surface area contributed by atoms with Gasteiger partial charge in [0.25, 0.3) is 0 Å². The van der Waals surface area contributed by atoms with E-state index in [2.05, 4.69) is 54.5 Å². The molecular weight excluding hydrogens is 680 g/mol. The molecule has 3 unspecified atom stereocenters. The van der Waals surface area contributed by atoms with Gasteiger partial charge in [-0.1, -0.05) is 76.8 Å². The van der Waals surface area contributed by atoms with Gasteiger partial charge in [0.1, 0.15) is 12.7 Å². The van der Waals surface area contributed by atoms with E-state index in [9.17, 15) is 24.6 Å². The quantitative estimate of drug-likeness (QED) is 0.109. The number of carbonyl (C=O) groups is 3. The van der Waals surface area contributed by atoms with Crippen molar-refractivity contribution in [2.24, 2.45) is 56.2 Å². The van der Waals surface area contributed by atoms with E-state index in [1.807, 2.05) is 41.5 Å². The van der Waals surface area contributed by atoms with E-state index >= 15 is 0 Å². The number of fused-ring (bicyclic) bond motifs is 7. The molecule has 0 heterocycles. The monoisotopic (exact) mass is 751 g/mol. The third kappa shape index (κ3) is 6.88. The lowest BCUT2D eigenvalue weighted by molar-refractivity contribution is -0.254. The second-order valence-corrected chi connectivity index (χ2v) is 20.5. The van der Waals surface area contributed by atoms with Crippen LogP contribution in [0.1, 0.15) is 135 Å². The summed E-state index contributed by atoms with van der Waals surface area (Å²) >= 11 is 0. The SMILES string of the molecule is CC(C)=CC(=O)OC[C@@]12C(CC(C)(C)[C@@H](C)[C@@H]1OC(=O)C=C(C)C)C1=CCC3[C@@]4(C)CC[C@H](O)[C@](C)(COC(=O)C=C(C)C)C4CC[C@@]3(C)[C@]1(C)C[C@H]2O. The maximum atomic E-state index is 13.5. The van der Waals surface area contributed by atoms with E-state index < -0.39 is 46.5 Å². The van der Waals surface area contributed by atoms with Crippen LogP contribution in [0.5, 0.6) is 0 Å². The first-order valence-electron chi connectivity index (χ1n) is 20.4. The first kappa shape index (κ1) is 42.4. The topological polar surface area (TPSA) is 119 Å². The number of hydrogen-bond donors (Lipinski definition) is 2.